The zero-order valence-electron chi connectivity index (χ0n) is 22.6. The predicted molar refractivity (Wildman–Crippen MR) is 154 cm³/mol. The number of aryl methyl sites for hydroxylation is 1. The number of pyridine rings is 1. The van der Waals surface area contributed by atoms with E-state index in [-0.39, 0.29) is 23.9 Å². The van der Waals surface area contributed by atoms with Crippen molar-refractivity contribution in [1.29, 1.82) is 0 Å². The number of benzene rings is 2. The molecule has 9 nitrogen and oxygen atoms in total. The first-order chi connectivity index (χ1) is 19.4. The van der Waals surface area contributed by atoms with Crippen LogP contribution in [0.1, 0.15) is 42.9 Å². The van der Waals surface area contributed by atoms with Crippen molar-refractivity contribution in [2.75, 3.05) is 37.0 Å². The zero-order chi connectivity index (χ0) is 28.2. The van der Waals surface area contributed by atoms with E-state index in [9.17, 15) is 14.7 Å². The Labute approximate surface area is 238 Å². The van der Waals surface area contributed by atoms with Gasteiger partial charge in [0.15, 0.2) is 0 Å². The molecule has 5 rings (SSSR count). The van der Waals surface area contributed by atoms with Crippen LogP contribution in [0.3, 0.4) is 0 Å². The molecule has 0 saturated carbocycles. The molecule has 2 aliphatic rings. The highest BCUT2D eigenvalue weighted by Gasteiger charge is 2.38. The number of halogens is 1. The van der Waals surface area contributed by atoms with E-state index in [1.165, 1.54) is 0 Å². The molecule has 40 heavy (non-hydrogen) atoms. The molecule has 1 N–H and O–H groups in total. The lowest BCUT2D eigenvalue weighted by atomic mass is 9.85. The van der Waals surface area contributed by atoms with Crippen LogP contribution in [0.25, 0.3) is 0 Å². The predicted octanol–water partition coefficient (Wildman–Crippen LogP) is 6.41. The van der Waals surface area contributed by atoms with Gasteiger partial charge in [-0.2, -0.15) is 0 Å². The van der Waals surface area contributed by atoms with Gasteiger partial charge in [-0.1, -0.05) is 17.7 Å². The third-order valence-electron chi connectivity index (χ3n) is 7.84. The monoisotopic (exact) mass is 564 g/mol. The number of hydrogen-bond acceptors (Lipinski definition) is 6. The van der Waals surface area contributed by atoms with Gasteiger partial charge in [0.05, 0.1) is 18.8 Å². The number of carbonyl (C=O) groups excluding carboxylic acids is 1. The van der Waals surface area contributed by atoms with Crippen LogP contribution < -0.4 is 19.3 Å². The van der Waals surface area contributed by atoms with E-state index in [0.717, 1.165) is 62.0 Å². The van der Waals surface area contributed by atoms with Gasteiger partial charge in [-0.05, 0) is 85.7 Å². The second-order valence-electron chi connectivity index (χ2n) is 10.1. The molecule has 2 amide bonds. The minimum Gasteiger partial charge on any atom is -0.495 e. The van der Waals surface area contributed by atoms with Crippen molar-refractivity contribution < 1.29 is 24.2 Å². The molecule has 1 aliphatic carbocycles. The molecular weight excluding hydrogens is 532 g/mol. The molecule has 0 radical (unpaired) electrons. The van der Waals surface area contributed by atoms with Crippen molar-refractivity contribution in [1.82, 2.24) is 9.88 Å². The van der Waals surface area contributed by atoms with Gasteiger partial charge >= 0.3 is 12.2 Å². The number of carbonyl (C=O) groups is 2. The summed E-state index contributed by atoms with van der Waals surface area (Å²) in [5.74, 6) is 0.803. The van der Waals surface area contributed by atoms with E-state index in [2.05, 4.69) is 9.88 Å². The number of anilines is 2. The van der Waals surface area contributed by atoms with Crippen LogP contribution in [0.4, 0.5) is 21.0 Å². The summed E-state index contributed by atoms with van der Waals surface area (Å²) in [5, 5.41) is 9.71. The summed E-state index contributed by atoms with van der Waals surface area (Å²) >= 11 is 6.32. The smallest absolute Gasteiger partial charge is 0.495 e. The van der Waals surface area contributed by atoms with Crippen LogP contribution in [0, 0.1) is 0 Å². The Morgan fingerprint density at radius 1 is 1.05 bits per heavy atom. The molecule has 2 aromatic carbocycles. The molecular formula is C30H33ClN4O5. The van der Waals surface area contributed by atoms with Gasteiger partial charge in [0, 0.05) is 49.3 Å². The maximum Gasteiger partial charge on any atom is 0.511 e. The second-order valence-corrected chi connectivity index (χ2v) is 10.6. The first-order valence-electron chi connectivity index (χ1n) is 13.4. The van der Waals surface area contributed by atoms with Crippen LogP contribution in [-0.4, -0.2) is 60.5 Å². The molecule has 3 aromatic rings. The summed E-state index contributed by atoms with van der Waals surface area (Å²) in [6, 6.07) is 14.2. The third-order valence-corrected chi connectivity index (χ3v) is 8.07. The molecule has 1 aromatic heterocycles. The highest BCUT2D eigenvalue weighted by Crippen LogP contribution is 2.41. The first-order valence-corrected chi connectivity index (χ1v) is 13.8. The number of carboxylic acid groups (broad SMARTS) is 1. The fraction of sp³-hybridized carbons (Fsp3) is 0.367. The minimum absolute atomic E-state index is 0.0294. The number of piperidine rings is 1. The molecule has 10 heteroatoms. The van der Waals surface area contributed by atoms with Gasteiger partial charge in [0.1, 0.15) is 11.5 Å². The molecule has 210 valence electrons. The number of amides is 2. The van der Waals surface area contributed by atoms with Gasteiger partial charge in [0.25, 0.3) is 0 Å². The van der Waals surface area contributed by atoms with Gasteiger partial charge in [-0.15, -0.1) is 0 Å². The Morgan fingerprint density at radius 2 is 1.80 bits per heavy atom. The largest absolute Gasteiger partial charge is 0.511 e. The summed E-state index contributed by atoms with van der Waals surface area (Å²) in [7, 11) is 3.31. The molecule has 1 fully saturated rings. The summed E-state index contributed by atoms with van der Waals surface area (Å²) in [4.78, 5) is 35.8. The maximum absolute atomic E-state index is 14.5. The van der Waals surface area contributed by atoms with Gasteiger partial charge in [0.2, 0.25) is 0 Å². The standard InChI is InChI=1S/C30H33ClN4O5/c1-33(27-18-21(31)7-9-28(27)39-2)29(36)35(23-12-16-34(17-13-23)22-10-14-32-15-11-22)26-5-3-4-20-6-8-24(19-25(20)26)40-30(37)38/h6-11,14-15,18-19,23,26H,3-5,12-13,16-17H2,1-2H3,(H,37,38). The summed E-state index contributed by atoms with van der Waals surface area (Å²) < 4.78 is 10.6. The molecule has 1 aliphatic heterocycles. The number of ether oxygens (including phenoxy) is 2. The van der Waals surface area contributed by atoms with Crippen LogP contribution in [0.15, 0.2) is 60.9 Å². The maximum atomic E-state index is 14.5. The highest BCUT2D eigenvalue weighted by atomic mass is 35.5. The molecule has 0 spiro atoms. The highest BCUT2D eigenvalue weighted by molar-refractivity contribution is 6.31. The zero-order valence-corrected chi connectivity index (χ0v) is 23.4. The van der Waals surface area contributed by atoms with Crippen LogP contribution in [0.2, 0.25) is 5.02 Å². The number of rotatable bonds is 6. The Kier molecular flexibility index (Phi) is 8.30. The van der Waals surface area contributed by atoms with E-state index >= 15 is 0 Å². The van der Waals surface area contributed by atoms with Crippen molar-refractivity contribution in [2.24, 2.45) is 0 Å². The fourth-order valence-corrected chi connectivity index (χ4v) is 6.07. The average molecular weight is 565 g/mol. The SMILES string of the molecule is COc1ccc(Cl)cc1N(C)C(=O)N(C1CCN(c2ccncc2)CC1)C1CCCc2ccc(OC(=O)O)cc21. The van der Waals surface area contributed by atoms with E-state index < -0.39 is 6.16 Å². The lowest BCUT2D eigenvalue weighted by Crippen LogP contribution is -2.53. The van der Waals surface area contributed by atoms with Crippen LogP contribution >= 0.6 is 11.6 Å². The topological polar surface area (TPSA) is 95.4 Å². The number of hydrogen-bond donors (Lipinski definition) is 1. The lowest BCUT2D eigenvalue weighted by Gasteiger charge is -2.46. The number of fused-ring (bicyclic) bond motifs is 1. The summed E-state index contributed by atoms with van der Waals surface area (Å²) in [6.07, 6.45) is 6.33. The number of aromatic nitrogens is 1. The van der Waals surface area contributed by atoms with E-state index in [1.807, 2.05) is 23.1 Å². The lowest BCUT2D eigenvalue weighted by molar-refractivity contribution is 0.126. The average Bonchev–Trinajstić information content (AvgIpc) is 2.97. The Bertz CT molecular complexity index is 1360. The van der Waals surface area contributed by atoms with Crippen molar-refractivity contribution in [3.05, 3.63) is 77.1 Å². The molecule has 1 unspecified atom stereocenters. The fourth-order valence-electron chi connectivity index (χ4n) is 5.91. The van der Waals surface area contributed by atoms with Gasteiger partial charge in [-0.25, -0.2) is 9.59 Å². The first kappa shape index (κ1) is 27.6. The van der Waals surface area contributed by atoms with Gasteiger partial charge in [-0.3, -0.25) is 9.88 Å². The van der Waals surface area contributed by atoms with Crippen molar-refractivity contribution in [3.63, 3.8) is 0 Å². The van der Waals surface area contributed by atoms with E-state index in [1.54, 1.807) is 61.8 Å². The molecule has 1 atom stereocenters. The van der Waals surface area contributed by atoms with Crippen molar-refractivity contribution in [2.45, 2.75) is 44.2 Å². The Hall–Kier alpha value is -3.98. The van der Waals surface area contributed by atoms with Gasteiger partial charge < -0.3 is 24.4 Å². The van der Waals surface area contributed by atoms with E-state index in [4.69, 9.17) is 21.1 Å². The van der Waals surface area contributed by atoms with Crippen LogP contribution in [-0.2, 0) is 6.42 Å². The number of nitrogens with zero attached hydrogens (tertiary/aromatic N) is 4. The summed E-state index contributed by atoms with van der Waals surface area (Å²) in [6.45, 7) is 1.59. The van der Waals surface area contributed by atoms with E-state index in [0.29, 0.717) is 16.5 Å². The quantitative estimate of drug-likeness (QED) is 0.273. The third kappa shape index (κ3) is 5.79. The molecule has 1 saturated heterocycles. The van der Waals surface area contributed by atoms with Crippen molar-refractivity contribution >= 4 is 35.2 Å². The molecule has 0 bridgehead atoms. The number of methoxy groups -OCH3 is 1. The van der Waals surface area contributed by atoms with Crippen molar-refractivity contribution in [3.8, 4) is 11.5 Å². The second kappa shape index (κ2) is 12.0. The molecule has 2 heterocycles. The van der Waals surface area contributed by atoms with Crippen LogP contribution in [0.5, 0.6) is 11.5 Å². The normalized spacial score (nSPS) is 17.1. The Balaban J connectivity index is 1.50. The minimum atomic E-state index is -1.36. The number of urea groups is 1. The summed E-state index contributed by atoms with van der Waals surface area (Å²) in [5.41, 5.74) is 3.73. The Morgan fingerprint density at radius 3 is 2.50 bits per heavy atom.